The molecule has 2 aromatic carbocycles. The number of hydrogen-bond acceptors (Lipinski definition) is 1. The molecule has 0 aliphatic rings. The molecule has 0 spiro atoms. The molecule has 0 fully saturated rings. The third-order valence-corrected chi connectivity index (χ3v) is 3.55. The number of likely N-dealkylation sites (N-methyl/N-ethyl adjacent to an activating group) is 1. The lowest BCUT2D eigenvalue weighted by atomic mass is 10.00. The van der Waals surface area contributed by atoms with E-state index in [1.807, 2.05) is 12.1 Å². The third-order valence-electron chi connectivity index (χ3n) is 3.55. The van der Waals surface area contributed by atoms with E-state index in [-0.39, 0.29) is 5.82 Å². The van der Waals surface area contributed by atoms with Gasteiger partial charge in [-0.1, -0.05) is 43.3 Å². The summed E-state index contributed by atoms with van der Waals surface area (Å²) < 4.78 is 13.6. The Balaban J connectivity index is 2.13. The highest BCUT2D eigenvalue weighted by molar-refractivity contribution is 5.64. The topological polar surface area (TPSA) is 12.0 Å². The molecule has 2 rings (SSSR count). The number of benzene rings is 2. The van der Waals surface area contributed by atoms with Crippen LogP contribution in [0.1, 0.15) is 25.0 Å². The Morgan fingerprint density at radius 1 is 1.05 bits per heavy atom. The fourth-order valence-corrected chi connectivity index (χ4v) is 2.38. The van der Waals surface area contributed by atoms with Gasteiger partial charge in [-0.25, -0.2) is 4.39 Å². The monoisotopic (exact) mass is 271 g/mol. The Bertz CT molecular complexity index is 560. The van der Waals surface area contributed by atoms with Gasteiger partial charge in [0, 0.05) is 6.04 Å². The van der Waals surface area contributed by atoms with Crippen molar-refractivity contribution in [2.24, 2.45) is 0 Å². The molecule has 0 aliphatic heterocycles. The Labute approximate surface area is 120 Å². The molecule has 0 bridgehead atoms. The van der Waals surface area contributed by atoms with Crippen molar-refractivity contribution in [1.82, 2.24) is 5.32 Å². The van der Waals surface area contributed by atoms with Crippen molar-refractivity contribution in [2.75, 3.05) is 6.54 Å². The molecule has 0 heterocycles. The normalized spacial score (nSPS) is 12.4. The maximum Gasteiger partial charge on any atom is 0.126 e. The van der Waals surface area contributed by atoms with Crippen molar-refractivity contribution in [3.05, 3.63) is 59.4 Å². The maximum absolute atomic E-state index is 13.6. The van der Waals surface area contributed by atoms with Gasteiger partial charge >= 0.3 is 0 Å². The number of nitrogens with one attached hydrogen (secondary N) is 1. The van der Waals surface area contributed by atoms with Gasteiger partial charge in [-0.05, 0) is 55.1 Å². The van der Waals surface area contributed by atoms with E-state index in [9.17, 15) is 4.39 Å². The molecule has 0 aromatic heterocycles. The fourth-order valence-electron chi connectivity index (χ4n) is 2.38. The first-order valence-electron chi connectivity index (χ1n) is 7.19. The Morgan fingerprint density at radius 2 is 1.70 bits per heavy atom. The molecule has 1 unspecified atom stereocenters. The highest BCUT2D eigenvalue weighted by atomic mass is 19.1. The first-order valence-corrected chi connectivity index (χ1v) is 7.19. The molecule has 1 nitrogen and oxygen atoms in total. The molecule has 0 saturated carbocycles. The van der Waals surface area contributed by atoms with Crippen LogP contribution in [0.2, 0.25) is 0 Å². The van der Waals surface area contributed by atoms with Crippen molar-refractivity contribution >= 4 is 0 Å². The lowest BCUT2D eigenvalue weighted by molar-refractivity contribution is 0.565. The summed E-state index contributed by atoms with van der Waals surface area (Å²) >= 11 is 0. The summed E-state index contributed by atoms with van der Waals surface area (Å²) in [5.74, 6) is -0.146. The Kier molecular flexibility index (Phi) is 4.91. The second-order valence-corrected chi connectivity index (χ2v) is 5.32. The van der Waals surface area contributed by atoms with Gasteiger partial charge < -0.3 is 5.32 Å². The standard InChI is InChI=1S/C18H22FN/c1-4-20-14(3)11-15-6-9-16(10-7-15)17-8-5-13(2)18(19)12-17/h5-10,12,14,20H,4,11H2,1-3H3. The second-order valence-electron chi connectivity index (χ2n) is 5.32. The van der Waals surface area contributed by atoms with Gasteiger partial charge in [-0.15, -0.1) is 0 Å². The third kappa shape index (κ3) is 3.67. The summed E-state index contributed by atoms with van der Waals surface area (Å²) in [7, 11) is 0. The zero-order valence-corrected chi connectivity index (χ0v) is 12.4. The molecule has 20 heavy (non-hydrogen) atoms. The predicted molar refractivity (Wildman–Crippen MR) is 83.4 cm³/mol. The average molecular weight is 271 g/mol. The van der Waals surface area contributed by atoms with E-state index in [0.29, 0.717) is 11.6 Å². The van der Waals surface area contributed by atoms with E-state index in [0.717, 1.165) is 24.1 Å². The van der Waals surface area contributed by atoms with Crippen molar-refractivity contribution in [3.63, 3.8) is 0 Å². The first-order chi connectivity index (χ1) is 9.60. The Morgan fingerprint density at radius 3 is 2.30 bits per heavy atom. The average Bonchev–Trinajstić information content (AvgIpc) is 2.43. The molecule has 106 valence electrons. The van der Waals surface area contributed by atoms with Crippen LogP contribution < -0.4 is 5.32 Å². The van der Waals surface area contributed by atoms with Crippen LogP contribution in [0.25, 0.3) is 11.1 Å². The molecule has 1 N–H and O–H groups in total. The van der Waals surface area contributed by atoms with E-state index in [2.05, 4.69) is 43.4 Å². The zero-order valence-electron chi connectivity index (χ0n) is 12.4. The quantitative estimate of drug-likeness (QED) is 0.853. The minimum Gasteiger partial charge on any atom is -0.314 e. The van der Waals surface area contributed by atoms with Crippen LogP contribution in [-0.4, -0.2) is 12.6 Å². The number of hydrogen-bond donors (Lipinski definition) is 1. The van der Waals surface area contributed by atoms with Crippen molar-refractivity contribution < 1.29 is 4.39 Å². The summed E-state index contributed by atoms with van der Waals surface area (Å²) in [4.78, 5) is 0. The van der Waals surface area contributed by atoms with Gasteiger partial charge in [0.2, 0.25) is 0 Å². The van der Waals surface area contributed by atoms with Gasteiger partial charge in [0.1, 0.15) is 5.82 Å². The second kappa shape index (κ2) is 6.67. The van der Waals surface area contributed by atoms with Crippen LogP contribution in [0.4, 0.5) is 4.39 Å². The summed E-state index contributed by atoms with van der Waals surface area (Å²) in [5.41, 5.74) is 3.97. The summed E-state index contributed by atoms with van der Waals surface area (Å²) in [5, 5.41) is 3.40. The van der Waals surface area contributed by atoms with Crippen LogP contribution in [0.5, 0.6) is 0 Å². The minimum absolute atomic E-state index is 0.146. The molecular formula is C18H22FN. The molecular weight excluding hydrogens is 249 g/mol. The van der Waals surface area contributed by atoms with Crippen LogP contribution in [0, 0.1) is 12.7 Å². The van der Waals surface area contributed by atoms with E-state index >= 15 is 0 Å². The van der Waals surface area contributed by atoms with Crippen molar-refractivity contribution in [2.45, 2.75) is 33.2 Å². The smallest absolute Gasteiger partial charge is 0.126 e. The molecule has 2 aromatic rings. The van der Waals surface area contributed by atoms with Crippen LogP contribution >= 0.6 is 0 Å². The van der Waals surface area contributed by atoms with E-state index in [4.69, 9.17) is 0 Å². The van der Waals surface area contributed by atoms with Crippen LogP contribution in [-0.2, 0) is 6.42 Å². The molecule has 2 heteroatoms. The molecule has 1 atom stereocenters. The summed E-state index contributed by atoms with van der Waals surface area (Å²) in [6.07, 6.45) is 1.01. The van der Waals surface area contributed by atoms with Gasteiger partial charge in [0.25, 0.3) is 0 Å². The van der Waals surface area contributed by atoms with Gasteiger partial charge in [0.05, 0.1) is 0 Å². The fraction of sp³-hybridized carbons (Fsp3) is 0.333. The molecule has 0 radical (unpaired) electrons. The SMILES string of the molecule is CCNC(C)Cc1ccc(-c2ccc(C)c(F)c2)cc1. The number of aryl methyl sites for hydroxylation is 1. The van der Waals surface area contributed by atoms with E-state index < -0.39 is 0 Å². The van der Waals surface area contributed by atoms with Crippen LogP contribution in [0.15, 0.2) is 42.5 Å². The van der Waals surface area contributed by atoms with Crippen molar-refractivity contribution in [3.8, 4) is 11.1 Å². The van der Waals surface area contributed by atoms with Crippen LogP contribution in [0.3, 0.4) is 0 Å². The highest BCUT2D eigenvalue weighted by Gasteiger charge is 2.04. The zero-order chi connectivity index (χ0) is 14.5. The van der Waals surface area contributed by atoms with E-state index in [1.54, 1.807) is 13.0 Å². The molecule has 0 aliphatic carbocycles. The molecule has 0 saturated heterocycles. The number of halogens is 1. The molecule has 0 amide bonds. The lowest BCUT2D eigenvalue weighted by Gasteiger charge is -2.12. The summed E-state index contributed by atoms with van der Waals surface area (Å²) in [6.45, 7) is 7.07. The van der Waals surface area contributed by atoms with Gasteiger partial charge in [-0.3, -0.25) is 0 Å². The first kappa shape index (κ1) is 14.7. The van der Waals surface area contributed by atoms with Crippen molar-refractivity contribution in [1.29, 1.82) is 0 Å². The number of rotatable bonds is 5. The largest absolute Gasteiger partial charge is 0.314 e. The lowest BCUT2D eigenvalue weighted by Crippen LogP contribution is -2.27. The highest BCUT2D eigenvalue weighted by Crippen LogP contribution is 2.22. The predicted octanol–water partition coefficient (Wildman–Crippen LogP) is 4.34. The minimum atomic E-state index is -0.146. The maximum atomic E-state index is 13.6. The van der Waals surface area contributed by atoms with Gasteiger partial charge in [0.15, 0.2) is 0 Å². The summed E-state index contributed by atoms with van der Waals surface area (Å²) in [6, 6.07) is 14.3. The van der Waals surface area contributed by atoms with E-state index in [1.165, 1.54) is 5.56 Å². The van der Waals surface area contributed by atoms with Gasteiger partial charge in [-0.2, -0.15) is 0 Å². The Hall–Kier alpha value is -1.67.